The normalized spacial score (nSPS) is 11.6. The van der Waals surface area contributed by atoms with Crippen molar-refractivity contribution in [1.29, 1.82) is 0 Å². The Kier molecular flexibility index (Phi) is 9.00. The lowest BCUT2D eigenvalue weighted by molar-refractivity contribution is -0.758. The van der Waals surface area contributed by atoms with E-state index in [0.29, 0.717) is 0 Å². The van der Waals surface area contributed by atoms with Crippen molar-refractivity contribution < 1.29 is 29.4 Å². The van der Waals surface area contributed by atoms with Gasteiger partial charge in [-0.05, 0) is 6.42 Å². The van der Waals surface area contributed by atoms with E-state index in [9.17, 15) is 19.7 Å². The van der Waals surface area contributed by atoms with Crippen LogP contribution in [0.1, 0.15) is 12.8 Å². The Labute approximate surface area is 108 Å². The van der Waals surface area contributed by atoms with E-state index < -0.39 is 17.1 Å². The highest BCUT2D eigenvalue weighted by Gasteiger charge is 2.12. The maximum atomic E-state index is 11.2. The van der Waals surface area contributed by atoms with E-state index in [1.165, 1.54) is 0 Å². The van der Waals surface area contributed by atoms with Gasteiger partial charge in [0, 0.05) is 13.0 Å². The summed E-state index contributed by atoms with van der Waals surface area (Å²) in [5, 5.41) is 19.8. The van der Waals surface area contributed by atoms with Crippen LogP contribution in [-0.2, 0) is 19.2 Å². The van der Waals surface area contributed by atoms with E-state index in [4.69, 9.17) is 15.6 Å². The topological polar surface area (TPSA) is 154 Å². The number of carboxylic acid groups (broad SMARTS) is 1. The van der Waals surface area contributed by atoms with Gasteiger partial charge in [-0.1, -0.05) is 0 Å². The molecule has 4 N–H and O–H groups in total. The average Bonchev–Trinajstić information content (AvgIpc) is 2.34. The zero-order chi connectivity index (χ0) is 14.7. The summed E-state index contributed by atoms with van der Waals surface area (Å²) in [4.78, 5) is 35.4. The Balaban J connectivity index is 3.39. The third-order valence-electron chi connectivity index (χ3n) is 1.99. The zero-order valence-electron chi connectivity index (χ0n) is 10.2. The summed E-state index contributed by atoms with van der Waals surface area (Å²) >= 11 is 0. The minimum atomic E-state index is -1.15. The number of carbonyl (C=O) groups excluding carboxylic acids is 1. The van der Waals surface area contributed by atoms with Gasteiger partial charge < -0.3 is 25.7 Å². The molecule has 0 saturated heterocycles. The smallest absolute Gasteiger partial charge is 0.320 e. The number of nitrogens with zero attached hydrogens (tertiary/aromatic N) is 1. The minimum absolute atomic E-state index is 0.0118. The van der Waals surface area contributed by atoms with Gasteiger partial charge in [0.25, 0.3) is 5.09 Å². The number of rotatable bonds is 11. The van der Waals surface area contributed by atoms with E-state index in [-0.39, 0.29) is 45.1 Å². The predicted octanol–water partition coefficient (Wildman–Crippen LogP) is -1.48. The van der Waals surface area contributed by atoms with Gasteiger partial charge in [0.05, 0.1) is 13.2 Å². The molecule has 0 aliphatic rings. The molecule has 1 amide bonds. The molecule has 0 aliphatic heterocycles. The van der Waals surface area contributed by atoms with E-state index in [1.54, 1.807) is 0 Å². The molecule has 1 atom stereocenters. The van der Waals surface area contributed by atoms with Gasteiger partial charge >= 0.3 is 5.97 Å². The zero-order valence-corrected chi connectivity index (χ0v) is 10.2. The average molecular weight is 279 g/mol. The number of amides is 1. The van der Waals surface area contributed by atoms with Crippen LogP contribution in [0.2, 0.25) is 0 Å². The van der Waals surface area contributed by atoms with Crippen LogP contribution in [0.15, 0.2) is 0 Å². The molecule has 0 aromatic heterocycles. The molecule has 0 bridgehead atoms. The molecule has 0 aromatic carbocycles. The molecule has 0 heterocycles. The third-order valence-corrected chi connectivity index (χ3v) is 1.99. The summed E-state index contributed by atoms with van der Waals surface area (Å²) < 4.78 is 4.94. The van der Waals surface area contributed by atoms with Gasteiger partial charge in [0.15, 0.2) is 0 Å². The van der Waals surface area contributed by atoms with Crippen LogP contribution in [-0.4, -0.2) is 54.5 Å². The Morgan fingerprint density at radius 2 is 2.05 bits per heavy atom. The maximum Gasteiger partial charge on any atom is 0.320 e. The van der Waals surface area contributed by atoms with Gasteiger partial charge in [-0.25, -0.2) is 0 Å². The van der Waals surface area contributed by atoms with E-state index in [1.807, 2.05) is 0 Å². The quantitative estimate of drug-likeness (QED) is 0.235. The molecule has 10 nitrogen and oxygen atoms in total. The lowest BCUT2D eigenvalue weighted by Crippen LogP contribution is -2.33. The van der Waals surface area contributed by atoms with Crippen molar-refractivity contribution in [2.24, 2.45) is 5.73 Å². The van der Waals surface area contributed by atoms with Gasteiger partial charge in [0.2, 0.25) is 5.91 Å². The van der Waals surface area contributed by atoms with Crippen LogP contribution >= 0.6 is 0 Å². The molecule has 1 unspecified atom stereocenters. The maximum absolute atomic E-state index is 11.2. The molecule has 0 saturated carbocycles. The molecular formula is C9H17N3O7. The molecule has 110 valence electrons. The molecule has 0 fully saturated rings. The van der Waals surface area contributed by atoms with Crippen LogP contribution in [0.3, 0.4) is 0 Å². The fraction of sp³-hybridized carbons (Fsp3) is 0.778. The van der Waals surface area contributed by atoms with Crippen LogP contribution in [0.4, 0.5) is 0 Å². The van der Waals surface area contributed by atoms with Crippen molar-refractivity contribution in [3.05, 3.63) is 10.1 Å². The summed E-state index contributed by atoms with van der Waals surface area (Å²) in [6.07, 6.45) is 0.0661. The number of carbonyl (C=O) groups is 2. The Hall–Kier alpha value is -1.94. The monoisotopic (exact) mass is 279 g/mol. The molecule has 0 aliphatic carbocycles. The second-order valence-electron chi connectivity index (χ2n) is 3.50. The van der Waals surface area contributed by atoms with Gasteiger partial charge in [0.1, 0.15) is 12.6 Å². The van der Waals surface area contributed by atoms with Crippen LogP contribution in [0.5, 0.6) is 0 Å². The molecule has 0 rings (SSSR count). The standard InChI is InChI=1S/C9H17N3O7/c10-7(9(14)15)1-2-8(13)11-3-4-18-5-6-19-12(16)17/h7H,1-6,10H2,(H,11,13)(H,14,15). The summed E-state index contributed by atoms with van der Waals surface area (Å²) in [5.74, 6) is -1.48. The summed E-state index contributed by atoms with van der Waals surface area (Å²) in [6, 6.07) is -1.05. The fourth-order valence-corrected chi connectivity index (χ4v) is 1.03. The van der Waals surface area contributed by atoms with Crippen LogP contribution in [0.25, 0.3) is 0 Å². The van der Waals surface area contributed by atoms with Gasteiger partial charge in [-0.2, -0.15) is 0 Å². The van der Waals surface area contributed by atoms with Crippen molar-refractivity contribution in [1.82, 2.24) is 5.32 Å². The van der Waals surface area contributed by atoms with E-state index >= 15 is 0 Å². The Morgan fingerprint density at radius 3 is 2.63 bits per heavy atom. The first kappa shape index (κ1) is 17.1. The highest BCUT2D eigenvalue weighted by atomic mass is 17.0. The first-order chi connectivity index (χ1) is 8.93. The highest BCUT2D eigenvalue weighted by Crippen LogP contribution is 1.94. The van der Waals surface area contributed by atoms with Crippen molar-refractivity contribution in [2.75, 3.05) is 26.4 Å². The van der Waals surface area contributed by atoms with Crippen LogP contribution in [0, 0.1) is 10.1 Å². The lowest BCUT2D eigenvalue weighted by atomic mass is 10.1. The summed E-state index contributed by atoms with van der Waals surface area (Å²) in [7, 11) is 0. The highest BCUT2D eigenvalue weighted by molar-refractivity contribution is 5.78. The van der Waals surface area contributed by atoms with E-state index in [0.717, 1.165) is 0 Å². The minimum Gasteiger partial charge on any atom is -0.480 e. The van der Waals surface area contributed by atoms with Crippen molar-refractivity contribution >= 4 is 11.9 Å². The number of aliphatic carboxylic acids is 1. The summed E-state index contributed by atoms with van der Waals surface area (Å²) in [6.45, 7) is 0.270. The SMILES string of the molecule is NC(CCC(=O)NCCOCCO[N+](=O)[O-])C(=O)O. The number of nitrogens with one attached hydrogen (secondary N) is 1. The largest absolute Gasteiger partial charge is 0.480 e. The molecule has 0 spiro atoms. The van der Waals surface area contributed by atoms with Crippen molar-refractivity contribution in [3.8, 4) is 0 Å². The Bertz CT molecular complexity index is 310. The van der Waals surface area contributed by atoms with Crippen molar-refractivity contribution in [3.63, 3.8) is 0 Å². The first-order valence-electron chi connectivity index (χ1n) is 5.53. The molecule has 0 radical (unpaired) electrons. The van der Waals surface area contributed by atoms with E-state index in [2.05, 4.69) is 10.2 Å². The number of nitrogens with two attached hydrogens (primary N) is 1. The van der Waals surface area contributed by atoms with Crippen molar-refractivity contribution in [2.45, 2.75) is 18.9 Å². The van der Waals surface area contributed by atoms with Crippen LogP contribution < -0.4 is 11.1 Å². The lowest BCUT2D eigenvalue weighted by Gasteiger charge is -2.07. The molecular weight excluding hydrogens is 262 g/mol. The predicted molar refractivity (Wildman–Crippen MR) is 61.6 cm³/mol. The number of ether oxygens (including phenoxy) is 1. The third kappa shape index (κ3) is 10.9. The van der Waals surface area contributed by atoms with Gasteiger partial charge in [-0.3, -0.25) is 9.59 Å². The molecule has 19 heavy (non-hydrogen) atoms. The number of hydrogen-bond acceptors (Lipinski definition) is 7. The second kappa shape index (κ2) is 10.0. The number of carboxylic acids is 1. The second-order valence-corrected chi connectivity index (χ2v) is 3.50. The number of hydrogen-bond donors (Lipinski definition) is 3. The Morgan fingerprint density at radius 1 is 1.37 bits per heavy atom. The molecule has 0 aromatic rings. The first-order valence-corrected chi connectivity index (χ1v) is 5.53. The van der Waals surface area contributed by atoms with Gasteiger partial charge in [-0.15, -0.1) is 10.1 Å². The summed E-state index contributed by atoms with van der Waals surface area (Å²) in [5.41, 5.74) is 5.23. The fourth-order valence-electron chi connectivity index (χ4n) is 1.03. The molecule has 10 heteroatoms.